The third kappa shape index (κ3) is 2.87. The normalized spacial score (nSPS) is 26.7. The van der Waals surface area contributed by atoms with Gasteiger partial charge in [0.1, 0.15) is 5.41 Å². The standard InChI is InChI=1S/C16H15ClF5N5O/c1-14(16(20,21)22)7-26(13(28)24-8-2-3-15(18,19)5-8)9-6-23-11-4-10(17)25-27(11)12(9)14/h4,6,8H,2-3,5,7H2,1H3,(H,24,28)/t8?,14-/m1/s1. The van der Waals surface area contributed by atoms with E-state index in [-0.39, 0.29) is 35.0 Å². The topological polar surface area (TPSA) is 62.5 Å². The molecule has 2 atom stereocenters. The molecule has 3 heterocycles. The molecular formula is C16H15ClF5N5O. The predicted octanol–water partition coefficient (Wildman–Crippen LogP) is 3.92. The molecule has 0 saturated heterocycles. The van der Waals surface area contributed by atoms with Crippen molar-refractivity contribution in [3.63, 3.8) is 0 Å². The van der Waals surface area contributed by atoms with Gasteiger partial charge in [-0.05, 0) is 13.3 Å². The van der Waals surface area contributed by atoms with Crippen LogP contribution in [0.4, 0.5) is 32.4 Å². The van der Waals surface area contributed by atoms with Crippen molar-refractivity contribution in [2.24, 2.45) is 0 Å². The van der Waals surface area contributed by atoms with Crippen LogP contribution in [-0.4, -0.2) is 45.3 Å². The summed E-state index contributed by atoms with van der Waals surface area (Å²) in [7, 11) is 0. The molecule has 0 radical (unpaired) electrons. The number of rotatable bonds is 1. The molecule has 2 aromatic heterocycles. The van der Waals surface area contributed by atoms with Crippen LogP contribution in [-0.2, 0) is 5.41 Å². The first-order valence-electron chi connectivity index (χ1n) is 8.49. The summed E-state index contributed by atoms with van der Waals surface area (Å²) in [6, 6.07) is -0.377. The lowest BCUT2D eigenvalue weighted by atomic mass is 9.88. The molecule has 152 valence electrons. The van der Waals surface area contributed by atoms with E-state index < -0.39 is 42.6 Å². The zero-order valence-electron chi connectivity index (χ0n) is 14.5. The molecule has 1 aliphatic carbocycles. The molecule has 1 fully saturated rings. The second-order valence-electron chi connectivity index (χ2n) is 7.39. The van der Waals surface area contributed by atoms with E-state index >= 15 is 0 Å². The fourth-order valence-corrected chi connectivity index (χ4v) is 3.99. The lowest BCUT2D eigenvalue weighted by molar-refractivity contribution is -0.181. The number of hydrogen-bond acceptors (Lipinski definition) is 3. The largest absolute Gasteiger partial charge is 0.401 e. The Kier molecular flexibility index (Phi) is 4.05. The Morgan fingerprint density at radius 2 is 2.11 bits per heavy atom. The van der Waals surface area contributed by atoms with Crippen molar-refractivity contribution in [2.45, 2.75) is 49.7 Å². The number of nitrogens with one attached hydrogen (secondary N) is 1. The first kappa shape index (κ1) is 19.2. The van der Waals surface area contributed by atoms with Crippen LogP contribution in [0.2, 0.25) is 5.15 Å². The summed E-state index contributed by atoms with van der Waals surface area (Å²) in [5.74, 6) is -2.89. The molecule has 28 heavy (non-hydrogen) atoms. The van der Waals surface area contributed by atoms with Gasteiger partial charge in [-0.15, -0.1) is 0 Å². The molecule has 0 aromatic carbocycles. The monoisotopic (exact) mass is 423 g/mol. The van der Waals surface area contributed by atoms with Crippen molar-refractivity contribution in [1.29, 1.82) is 0 Å². The fraction of sp³-hybridized carbons (Fsp3) is 0.562. The summed E-state index contributed by atoms with van der Waals surface area (Å²) in [5.41, 5.74) is -2.69. The van der Waals surface area contributed by atoms with Crippen molar-refractivity contribution < 1.29 is 26.7 Å². The van der Waals surface area contributed by atoms with E-state index in [0.717, 1.165) is 22.5 Å². The first-order chi connectivity index (χ1) is 12.9. The summed E-state index contributed by atoms with van der Waals surface area (Å²) in [4.78, 5) is 17.5. The van der Waals surface area contributed by atoms with Gasteiger partial charge in [0.15, 0.2) is 10.8 Å². The van der Waals surface area contributed by atoms with Crippen molar-refractivity contribution in [1.82, 2.24) is 19.9 Å². The second kappa shape index (κ2) is 5.91. The number of fused-ring (bicyclic) bond motifs is 3. The molecule has 0 bridgehead atoms. The third-order valence-electron chi connectivity index (χ3n) is 5.32. The highest BCUT2D eigenvalue weighted by Crippen LogP contribution is 2.50. The number of hydrogen-bond donors (Lipinski definition) is 1. The zero-order chi connectivity index (χ0) is 20.5. The van der Waals surface area contributed by atoms with Gasteiger partial charge in [-0.1, -0.05) is 11.6 Å². The van der Waals surface area contributed by atoms with Gasteiger partial charge in [0.05, 0.1) is 17.6 Å². The summed E-state index contributed by atoms with van der Waals surface area (Å²) in [6.07, 6.45) is -4.42. The van der Waals surface area contributed by atoms with Gasteiger partial charge in [-0.25, -0.2) is 23.1 Å². The minimum Gasteiger partial charge on any atom is -0.335 e. The average molecular weight is 424 g/mol. The van der Waals surface area contributed by atoms with Crippen LogP contribution < -0.4 is 10.2 Å². The lowest BCUT2D eigenvalue weighted by Gasteiger charge is -2.28. The van der Waals surface area contributed by atoms with Gasteiger partial charge in [-0.2, -0.15) is 18.3 Å². The van der Waals surface area contributed by atoms with E-state index in [2.05, 4.69) is 15.4 Å². The van der Waals surface area contributed by atoms with Crippen molar-refractivity contribution in [3.05, 3.63) is 23.1 Å². The Hall–Kier alpha value is -2.17. The van der Waals surface area contributed by atoms with E-state index in [1.807, 2.05) is 0 Å². The quantitative estimate of drug-likeness (QED) is 0.707. The molecule has 1 saturated carbocycles. The molecule has 4 rings (SSSR count). The number of amides is 2. The minimum absolute atomic E-state index is 0.0403. The molecular weight excluding hydrogens is 409 g/mol. The van der Waals surface area contributed by atoms with E-state index in [1.54, 1.807) is 0 Å². The smallest absolute Gasteiger partial charge is 0.335 e. The number of urea groups is 1. The van der Waals surface area contributed by atoms with Crippen LogP contribution in [0.5, 0.6) is 0 Å². The maximum atomic E-state index is 13.9. The predicted molar refractivity (Wildman–Crippen MR) is 89.9 cm³/mol. The molecule has 2 amide bonds. The van der Waals surface area contributed by atoms with Gasteiger partial charge < -0.3 is 5.32 Å². The highest BCUT2D eigenvalue weighted by atomic mass is 35.5. The Bertz CT molecular complexity index is 961. The van der Waals surface area contributed by atoms with Crippen molar-refractivity contribution in [2.75, 3.05) is 11.4 Å². The number of aromatic nitrogens is 3. The van der Waals surface area contributed by atoms with Crippen LogP contribution in [0, 0.1) is 0 Å². The lowest BCUT2D eigenvalue weighted by Crippen LogP contribution is -2.49. The van der Waals surface area contributed by atoms with Crippen LogP contribution in [0.3, 0.4) is 0 Å². The molecule has 12 heteroatoms. The number of carbonyl (C=O) groups is 1. The summed E-state index contributed by atoms with van der Waals surface area (Å²) in [6.45, 7) is 0.233. The Morgan fingerprint density at radius 3 is 2.71 bits per heavy atom. The molecule has 1 N–H and O–H groups in total. The maximum Gasteiger partial charge on any atom is 0.401 e. The van der Waals surface area contributed by atoms with E-state index in [9.17, 15) is 26.7 Å². The van der Waals surface area contributed by atoms with Gasteiger partial charge in [0.2, 0.25) is 5.92 Å². The fourth-order valence-electron chi connectivity index (χ4n) is 3.82. The molecule has 2 aromatic rings. The van der Waals surface area contributed by atoms with Crippen LogP contribution in [0.25, 0.3) is 5.65 Å². The molecule has 2 aliphatic rings. The minimum atomic E-state index is -4.70. The number of carbonyl (C=O) groups excluding carboxylic acids is 1. The number of halogens is 6. The molecule has 0 spiro atoms. The molecule has 6 nitrogen and oxygen atoms in total. The third-order valence-corrected chi connectivity index (χ3v) is 5.51. The Labute approximate surface area is 160 Å². The van der Waals surface area contributed by atoms with E-state index in [1.165, 1.54) is 6.07 Å². The summed E-state index contributed by atoms with van der Waals surface area (Å²) < 4.78 is 69.6. The highest BCUT2D eigenvalue weighted by molar-refractivity contribution is 6.29. The van der Waals surface area contributed by atoms with Gasteiger partial charge in [0.25, 0.3) is 0 Å². The highest BCUT2D eigenvalue weighted by Gasteiger charge is 2.60. The number of alkyl halides is 5. The maximum absolute atomic E-state index is 13.9. The average Bonchev–Trinajstić information content (AvgIpc) is 3.20. The van der Waals surface area contributed by atoms with Crippen LogP contribution in [0.15, 0.2) is 12.3 Å². The molecule has 1 unspecified atom stereocenters. The van der Waals surface area contributed by atoms with Crippen molar-refractivity contribution in [3.8, 4) is 0 Å². The summed E-state index contributed by atoms with van der Waals surface area (Å²) in [5, 5.41) is 6.25. The number of anilines is 1. The van der Waals surface area contributed by atoms with Crippen LogP contribution in [0.1, 0.15) is 31.9 Å². The summed E-state index contributed by atoms with van der Waals surface area (Å²) >= 11 is 5.81. The van der Waals surface area contributed by atoms with Gasteiger partial charge in [-0.3, -0.25) is 4.90 Å². The Balaban J connectivity index is 1.74. The van der Waals surface area contributed by atoms with Crippen LogP contribution >= 0.6 is 11.6 Å². The van der Waals surface area contributed by atoms with Crippen molar-refractivity contribution >= 4 is 29.0 Å². The SMILES string of the molecule is C[C@@]1(C(F)(F)F)CN(C(=O)NC2CCC(F)(F)C2)c2cnc3cc(Cl)nn3c21. The van der Waals surface area contributed by atoms with E-state index in [4.69, 9.17) is 11.6 Å². The first-order valence-corrected chi connectivity index (χ1v) is 8.86. The molecule has 1 aliphatic heterocycles. The van der Waals surface area contributed by atoms with Gasteiger partial charge in [0, 0.05) is 31.5 Å². The zero-order valence-corrected chi connectivity index (χ0v) is 15.3. The Morgan fingerprint density at radius 1 is 1.39 bits per heavy atom. The second-order valence-corrected chi connectivity index (χ2v) is 7.78. The van der Waals surface area contributed by atoms with E-state index in [0.29, 0.717) is 0 Å². The number of nitrogens with zero attached hydrogens (tertiary/aromatic N) is 4. The van der Waals surface area contributed by atoms with Gasteiger partial charge >= 0.3 is 12.2 Å².